The van der Waals surface area contributed by atoms with Gasteiger partial charge in [-0.25, -0.2) is 8.78 Å². The molecule has 0 aliphatic carbocycles. The zero-order valence-corrected chi connectivity index (χ0v) is 11.6. The summed E-state index contributed by atoms with van der Waals surface area (Å²) in [6, 6.07) is 10.7. The van der Waals surface area contributed by atoms with Gasteiger partial charge in [-0.3, -0.25) is 0 Å². The van der Waals surface area contributed by atoms with E-state index in [-0.39, 0.29) is 5.56 Å². The summed E-state index contributed by atoms with van der Waals surface area (Å²) in [6.45, 7) is 0. The average Bonchev–Trinajstić information content (AvgIpc) is 2.31. The molecule has 0 radical (unpaired) electrons. The van der Waals surface area contributed by atoms with E-state index in [1.165, 1.54) is 0 Å². The second kappa shape index (κ2) is 5.75. The van der Waals surface area contributed by atoms with Gasteiger partial charge in [-0.1, -0.05) is 12.1 Å². The van der Waals surface area contributed by atoms with E-state index in [2.05, 4.69) is 22.6 Å². The van der Waals surface area contributed by atoms with Crippen molar-refractivity contribution < 1.29 is 13.9 Å². The third-order valence-corrected chi connectivity index (χ3v) is 3.33. The summed E-state index contributed by atoms with van der Waals surface area (Å²) in [5.41, 5.74) is 1.18. The van der Waals surface area contributed by atoms with Crippen molar-refractivity contribution in [1.29, 1.82) is 0 Å². The summed E-state index contributed by atoms with van der Waals surface area (Å²) in [7, 11) is 0. The molecule has 0 aliphatic rings. The number of halogens is 3. The molecule has 0 fully saturated rings. The van der Waals surface area contributed by atoms with Crippen LogP contribution in [0, 0.1) is 15.2 Å². The Morgan fingerprint density at radius 3 is 2.11 bits per heavy atom. The molecule has 1 atom stereocenters. The highest BCUT2D eigenvalue weighted by atomic mass is 127. The van der Waals surface area contributed by atoms with Gasteiger partial charge in [0.05, 0.1) is 6.10 Å². The molecule has 0 bridgehead atoms. The first-order chi connectivity index (χ1) is 8.54. The van der Waals surface area contributed by atoms with Crippen molar-refractivity contribution in [2.24, 2.45) is 0 Å². The van der Waals surface area contributed by atoms with Crippen LogP contribution in [0.1, 0.15) is 17.2 Å². The van der Waals surface area contributed by atoms with Crippen LogP contribution in [-0.4, -0.2) is 5.11 Å². The molecule has 0 aromatic heterocycles. The summed E-state index contributed by atoms with van der Waals surface area (Å²) < 4.78 is 27.2. The Kier molecular flexibility index (Phi) is 4.29. The monoisotopic (exact) mass is 360 g/mol. The van der Waals surface area contributed by atoms with E-state index in [4.69, 9.17) is 0 Å². The van der Waals surface area contributed by atoms with Gasteiger partial charge in [0, 0.05) is 16.1 Å². The second-order valence-electron chi connectivity index (χ2n) is 4.05. The second-order valence-corrected chi connectivity index (χ2v) is 5.29. The predicted octanol–water partition coefficient (Wildman–Crippen LogP) is 3.85. The summed E-state index contributed by atoms with van der Waals surface area (Å²) in [6.07, 6.45) is -0.574. The maximum absolute atomic E-state index is 13.0. The van der Waals surface area contributed by atoms with E-state index in [9.17, 15) is 13.9 Å². The number of rotatable bonds is 3. The quantitative estimate of drug-likeness (QED) is 0.825. The first-order valence-electron chi connectivity index (χ1n) is 5.43. The lowest BCUT2D eigenvalue weighted by Gasteiger charge is -2.11. The molecule has 4 heteroatoms. The molecular formula is C14H11F2IO. The number of hydrogen-bond donors (Lipinski definition) is 1. The summed E-state index contributed by atoms with van der Waals surface area (Å²) in [5, 5.41) is 9.96. The van der Waals surface area contributed by atoms with E-state index < -0.39 is 17.7 Å². The van der Waals surface area contributed by atoms with Crippen LogP contribution in [0.4, 0.5) is 8.78 Å². The molecular weight excluding hydrogens is 349 g/mol. The van der Waals surface area contributed by atoms with Crippen LogP contribution < -0.4 is 0 Å². The van der Waals surface area contributed by atoms with E-state index >= 15 is 0 Å². The normalized spacial score (nSPS) is 12.4. The van der Waals surface area contributed by atoms with Gasteiger partial charge in [0.1, 0.15) is 11.6 Å². The highest BCUT2D eigenvalue weighted by molar-refractivity contribution is 14.1. The molecule has 2 rings (SSSR count). The Morgan fingerprint density at radius 1 is 1.00 bits per heavy atom. The van der Waals surface area contributed by atoms with Crippen molar-refractivity contribution in [3.63, 3.8) is 0 Å². The third-order valence-electron chi connectivity index (χ3n) is 2.61. The van der Waals surface area contributed by atoms with Gasteiger partial charge in [0.25, 0.3) is 0 Å². The molecule has 0 amide bonds. The minimum absolute atomic E-state index is 0.256. The van der Waals surface area contributed by atoms with Crippen molar-refractivity contribution in [1.82, 2.24) is 0 Å². The van der Waals surface area contributed by atoms with Crippen LogP contribution in [0.2, 0.25) is 0 Å². The number of benzene rings is 2. The molecule has 1 nitrogen and oxygen atoms in total. The average molecular weight is 360 g/mol. The lowest BCUT2D eigenvalue weighted by molar-refractivity contribution is 0.177. The van der Waals surface area contributed by atoms with Crippen molar-refractivity contribution in [2.45, 2.75) is 12.5 Å². The summed E-state index contributed by atoms with van der Waals surface area (Å²) in [4.78, 5) is 0. The Balaban J connectivity index is 2.16. The van der Waals surface area contributed by atoms with Gasteiger partial charge >= 0.3 is 0 Å². The minimum Gasteiger partial charge on any atom is -0.388 e. The molecule has 0 saturated heterocycles. The fraction of sp³-hybridized carbons (Fsp3) is 0.143. The van der Waals surface area contributed by atoms with E-state index in [1.807, 2.05) is 24.3 Å². The summed E-state index contributed by atoms with van der Waals surface area (Å²) >= 11 is 2.19. The van der Waals surface area contributed by atoms with Crippen LogP contribution in [0.3, 0.4) is 0 Å². The van der Waals surface area contributed by atoms with Crippen molar-refractivity contribution in [3.05, 3.63) is 68.8 Å². The zero-order valence-electron chi connectivity index (χ0n) is 9.41. The maximum atomic E-state index is 13.0. The van der Waals surface area contributed by atoms with E-state index in [0.29, 0.717) is 6.42 Å². The Hall–Kier alpha value is -1.01. The Morgan fingerprint density at radius 2 is 1.56 bits per heavy atom. The Labute approximate surface area is 118 Å². The van der Waals surface area contributed by atoms with Gasteiger partial charge in [0.15, 0.2) is 0 Å². The SMILES string of the molecule is OC(Cc1ccc(I)cc1)c1cc(F)cc(F)c1. The molecule has 0 aliphatic heterocycles. The van der Waals surface area contributed by atoms with E-state index in [1.54, 1.807) is 0 Å². The fourth-order valence-corrected chi connectivity index (χ4v) is 2.09. The zero-order chi connectivity index (χ0) is 13.1. The summed E-state index contributed by atoms with van der Waals surface area (Å²) in [5.74, 6) is -1.35. The van der Waals surface area contributed by atoms with Crippen LogP contribution in [-0.2, 0) is 6.42 Å². The fourth-order valence-electron chi connectivity index (χ4n) is 1.73. The standard InChI is InChI=1S/C14H11F2IO/c15-11-6-10(7-12(16)8-11)14(18)5-9-1-3-13(17)4-2-9/h1-4,6-8,14,18H,5H2. The van der Waals surface area contributed by atoms with Gasteiger partial charge in [0.2, 0.25) is 0 Å². The highest BCUT2D eigenvalue weighted by Gasteiger charge is 2.11. The highest BCUT2D eigenvalue weighted by Crippen LogP contribution is 2.21. The lowest BCUT2D eigenvalue weighted by Crippen LogP contribution is -2.03. The first-order valence-corrected chi connectivity index (χ1v) is 6.51. The first kappa shape index (κ1) is 13.4. The lowest BCUT2D eigenvalue weighted by atomic mass is 10.0. The van der Waals surface area contributed by atoms with Gasteiger partial charge in [-0.2, -0.15) is 0 Å². The molecule has 2 aromatic carbocycles. The smallest absolute Gasteiger partial charge is 0.126 e. The topological polar surface area (TPSA) is 20.2 Å². The minimum atomic E-state index is -0.907. The predicted molar refractivity (Wildman–Crippen MR) is 74.2 cm³/mol. The van der Waals surface area contributed by atoms with Crippen molar-refractivity contribution in [2.75, 3.05) is 0 Å². The van der Waals surface area contributed by atoms with Gasteiger partial charge in [-0.05, 0) is 58.0 Å². The Bertz CT molecular complexity index is 520. The molecule has 1 unspecified atom stereocenters. The number of aliphatic hydroxyl groups excluding tert-OH is 1. The number of hydrogen-bond acceptors (Lipinski definition) is 1. The third kappa shape index (κ3) is 3.49. The molecule has 1 N–H and O–H groups in total. The van der Waals surface area contributed by atoms with Crippen LogP contribution >= 0.6 is 22.6 Å². The number of aliphatic hydroxyl groups is 1. The molecule has 2 aromatic rings. The van der Waals surface area contributed by atoms with Crippen LogP contribution in [0.5, 0.6) is 0 Å². The maximum Gasteiger partial charge on any atom is 0.126 e. The molecule has 18 heavy (non-hydrogen) atoms. The largest absolute Gasteiger partial charge is 0.388 e. The van der Waals surface area contributed by atoms with Gasteiger partial charge < -0.3 is 5.11 Å². The van der Waals surface area contributed by atoms with Crippen molar-refractivity contribution >= 4 is 22.6 Å². The van der Waals surface area contributed by atoms with E-state index in [0.717, 1.165) is 27.3 Å². The molecule has 0 saturated carbocycles. The van der Waals surface area contributed by atoms with Crippen LogP contribution in [0.25, 0.3) is 0 Å². The van der Waals surface area contributed by atoms with Crippen molar-refractivity contribution in [3.8, 4) is 0 Å². The molecule has 94 valence electrons. The van der Waals surface area contributed by atoms with Gasteiger partial charge in [-0.15, -0.1) is 0 Å². The molecule has 0 heterocycles. The molecule has 0 spiro atoms. The van der Waals surface area contributed by atoms with Crippen LogP contribution in [0.15, 0.2) is 42.5 Å².